The fourth-order valence-corrected chi connectivity index (χ4v) is 3.39. The van der Waals surface area contributed by atoms with Crippen molar-refractivity contribution in [2.45, 2.75) is 43.5 Å². The molecule has 0 amide bonds. The average molecular weight is 312 g/mol. The lowest BCUT2D eigenvalue weighted by Gasteiger charge is -2.30. The van der Waals surface area contributed by atoms with E-state index in [1.54, 1.807) is 0 Å². The third-order valence-corrected chi connectivity index (χ3v) is 5.16. The minimum Gasteiger partial charge on any atom is -0.376 e. The van der Waals surface area contributed by atoms with Gasteiger partial charge in [0.05, 0.1) is 9.82 Å². The number of hydrogen-bond acceptors (Lipinski definition) is 5. The van der Waals surface area contributed by atoms with E-state index in [-0.39, 0.29) is 16.6 Å². The van der Waals surface area contributed by atoms with Crippen molar-refractivity contribution in [1.29, 1.82) is 0 Å². The predicted octanol–water partition coefficient (Wildman–Crippen LogP) is 2.99. The molecule has 6 nitrogen and oxygen atoms in total. The summed E-state index contributed by atoms with van der Waals surface area (Å²) in [4.78, 5) is 10.6. The van der Waals surface area contributed by atoms with Gasteiger partial charge < -0.3 is 5.32 Å². The largest absolute Gasteiger partial charge is 0.376 e. The monoisotopic (exact) mass is 312 g/mol. The number of nitrogens with one attached hydrogen (secondary N) is 1. The molecule has 21 heavy (non-hydrogen) atoms. The highest BCUT2D eigenvalue weighted by molar-refractivity contribution is 7.90. The molecule has 0 spiro atoms. The van der Waals surface area contributed by atoms with Crippen molar-refractivity contribution in [3.05, 3.63) is 28.3 Å². The van der Waals surface area contributed by atoms with E-state index in [0.717, 1.165) is 31.6 Å². The van der Waals surface area contributed by atoms with Gasteiger partial charge in [0, 0.05) is 18.4 Å². The van der Waals surface area contributed by atoms with Crippen molar-refractivity contribution in [3.8, 4) is 0 Å². The van der Waals surface area contributed by atoms with Crippen LogP contribution in [-0.4, -0.2) is 25.6 Å². The predicted molar refractivity (Wildman–Crippen MR) is 81.2 cm³/mol. The smallest absolute Gasteiger partial charge is 0.293 e. The van der Waals surface area contributed by atoms with Crippen LogP contribution >= 0.6 is 0 Å². The zero-order valence-electron chi connectivity index (χ0n) is 12.2. The molecule has 2 rings (SSSR count). The zero-order valence-corrected chi connectivity index (χ0v) is 13.0. The number of rotatable bonds is 4. The Morgan fingerprint density at radius 1 is 1.29 bits per heavy atom. The van der Waals surface area contributed by atoms with Gasteiger partial charge in [-0.3, -0.25) is 10.1 Å². The van der Waals surface area contributed by atoms with Crippen molar-refractivity contribution in [2.75, 3.05) is 11.6 Å². The number of hydrogen-bond donors (Lipinski definition) is 1. The topological polar surface area (TPSA) is 89.3 Å². The maximum Gasteiger partial charge on any atom is 0.293 e. The van der Waals surface area contributed by atoms with E-state index >= 15 is 0 Å². The van der Waals surface area contributed by atoms with Gasteiger partial charge >= 0.3 is 0 Å². The van der Waals surface area contributed by atoms with Gasteiger partial charge in [-0.1, -0.05) is 19.8 Å². The summed E-state index contributed by atoms with van der Waals surface area (Å²) >= 11 is 0. The standard InChI is InChI=1S/C14H20N2O4S/c1-10-5-3-4-6-12(10)15-13-8-7-11(21(2,19)20)9-14(13)16(17)18/h7-10,12,15H,3-6H2,1-2H3/t10-,12-/m1/s1. The summed E-state index contributed by atoms with van der Waals surface area (Å²) in [6.07, 6.45) is 5.42. The molecule has 0 aliphatic heterocycles. The average Bonchev–Trinajstić information content (AvgIpc) is 2.40. The molecule has 1 fully saturated rings. The van der Waals surface area contributed by atoms with E-state index in [9.17, 15) is 18.5 Å². The van der Waals surface area contributed by atoms with Crippen LogP contribution in [0, 0.1) is 16.0 Å². The molecule has 0 unspecified atom stereocenters. The number of nitro groups is 1. The van der Waals surface area contributed by atoms with Crippen LogP contribution in [-0.2, 0) is 9.84 Å². The molecule has 1 aromatic carbocycles. The van der Waals surface area contributed by atoms with Gasteiger partial charge in [-0.05, 0) is 30.9 Å². The Morgan fingerprint density at radius 2 is 1.95 bits per heavy atom. The fraction of sp³-hybridized carbons (Fsp3) is 0.571. The minimum absolute atomic E-state index is 0.0311. The van der Waals surface area contributed by atoms with Crippen molar-refractivity contribution in [2.24, 2.45) is 5.92 Å². The molecule has 0 aromatic heterocycles. The van der Waals surface area contributed by atoms with E-state index < -0.39 is 14.8 Å². The lowest BCUT2D eigenvalue weighted by atomic mass is 9.86. The second-order valence-corrected chi connectivity index (χ2v) is 7.74. The Labute approximate surface area is 124 Å². The quantitative estimate of drug-likeness (QED) is 0.682. The molecule has 1 aromatic rings. The van der Waals surface area contributed by atoms with Crippen LogP contribution in [0.2, 0.25) is 0 Å². The van der Waals surface area contributed by atoms with Gasteiger partial charge in [-0.25, -0.2) is 8.42 Å². The van der Waals surface area contributed by atoms with Crippen LogP contribution < -0.4 is 5.32 Å². The molecule has 1 saturated carbocycles. The normalized spacial score (nSPS) is 22.8. The molecule has 1 aliphatic rings. The number of nitrogens with zero attached hydrogens (tertiary/aromatic N) is 1. The first-order chi connectivity index (χ1) is 9.79. The second kappa shape index (κ2) is 6.01. The third kappa shape index (κ3) is 3.72. The summed E-state index contributed by atoms with van der Waals surface area (Å²) in [7, 11) is -3.45. The van der Waals surface area contributed by atoms with E-state index in [4.69, 9.17) is 0 Å². The van der Waals surface area contributed by atoms with Gasteiger partial charge in [-0.2, -0.15) is 0 Å². The Balaban J connectivity index is 2.32. The number of nitro benzene ring substituents is 1. The minimum atomic E-state index is -3.45. The number of benzene rings is 1. The maximum absolute atomic E-state index is 11.5. The highest BCUT2D eigenvalue weighted by atomic mass is 32.2. The molecule has 7 heteroatoms. The van der Waals surface area contributed by atoms with Gasteiger partial charge in [0.2, 0.25) is 0 Å². The molecular weight excluding hydrogens is 292 g/mol. The summed E-state index contributed by atoms with van der Waals surface area (Å²) in [5, 5.41) is 14.4. The van der Waals surface area contributed by atoms with Crippen LogP contribution in [0.4, 0.5) is 11.4 Å². The van der Waals surface area contributed by atoms with Crippen molar-refractivity contribution in [3.63, 3.8) is 0 Å². The van der Waals surface area contributed by atoms with Crippen molar-refractivity contribution in [1.82, 2.24) is 0 Å². The van der Waals surface area contributed by atoms with Gasteiger partial charge in [0.1, 0.15) is 5.69 Å². The van der Waals surface area contributed by atoms with Crippen LogP contribution in [0.15, 0.2) is 23.1 Å². The maximum atomic E-state index is 11.5. The number of anilines is 1. The molecule has 0 radical (unpaired) electrons. The lowest BCUT2D eigenvalue weighted by Crippen LogP contribution is -2.30. The summed E-state index contributed by atoms with van der Waals surface area (Å²) in [5.41, 5.74) is 0.210. The van der Waals surface area contributed by atoms with E-state index in [1.165, 1.54) is 18.6 Å². The fourth-order valence-electron chi connectivity index (χ4n) is 2.75. The van der Waals surface area contributed by atoms with Crippen LogP contribution in [0.3, 0.4) is 0 Å². The molecule has 1 N–H and O–H groups in total. The van der Waals surface area contributed by atoms with Crippen LogP contribution in [0.1, 0.15) is 32.6 Å². The molecule has 0 bridgehead atoms. The van der Waals surface area contributed by atoms with E-state index in [0.29, 0.717) is 11.6 Å². The van der Waals surface area contributed by atoms with E-state index in [2.05, 4.69) is 12.2 Å². The SMILES string of the molecule is C[C@@H]1CCCC[C@H]1Nc1ccc(S(C)(=O)=O)cc1[N+](=O)[O-]. The summed E-state index contributed by atoms with van der Waals surface area (Å²) in [6, 6.07) is 4.24. The molecule has 0 heterocycles. The summed E-state index contributed by atoms with van der Waals surface area (Å²) < 4.78 is 23.0. The van der Waals surface area contributed by atoms with Crippen molar-refractivity contribution < 1.29 is 13.3 Å². The lowest BCUT2D eigenvalue weighted by molar-refractivity contribution is -0.384. The molecule has 1 aliphatic carbocycles. The highest BCUT2D eigenvalue weighted by Gasteiger charge is 2.25. The Kier molecular flexibility index (Phi) is 4.51. The molecular formula is C14H20N2O4S. The molecule has 116 valence electrons. The Bertz CT molecular complexity index is 642. The van der Waals surface area contributed by atoms with Crippen LogP contribution in [0.25, 0.3) is 0 Å². The zero-order chi connectivity index (χ0) is 15.6. The molecule has 0 saturated heterocycles. The second-order valence-electron chi connectivity index (χ2n) is 5.72. The van der Waals surface area contributed by atoms with Gasteiger partial charge in [-0.15, -0.1) is 0 Å². The van der Waals surface area contributed by atoms with Crippen molar-refractivity contribution >= 4 is 21.2 Å². The highest BCUT2D eigenvalue weighted by Crippen LogP contribution is 2.32. The first-order valence-electron chi connectivity index (χ1n) is 7.04. The third-order valence-electron chi connectivity index (χ3n) is 4.05. The Morgan fingerprint density at radius 3 is 2.52 bits per heavy atom. The van der Waals surface area contributed by atoms with Gasteiger partial charge in [0.15, 0.2) is 9.84 Å². The summed E-state index contributed by atoms with van der Waals surface area (Å²) in [5.74, 6) is 0.452. The first-order valence-corrected chi connectivity index (χ1v) is 8.93. The van der Waals surface area contributed by atoms with E-state index in [1.807, 2.05) is 0 Å². The van der Waals surface area contributed by atoms with Crippen LogP contribution in [0.5, 0.6) is 0 Å². The molecule has 2 atom stereocenters. The summed E-state index contributed by atoms with van der Waals surface area (Å²) in [6.45, 7) is 2.13. The number of sulfone groups is 1. The van der Waals surface area contributed by atoms with Gasteiger partial charge in [0.25, 0.3) is 5.69 Å². The Hall–Kier alpha value is -1.63. The first kappa shape index (κ1) is 15.8.